The first-order valence-electron chi connectivity index (χ1n) is 6.68. The predicted molar refractivity (Wildman–Crippen MR) is 83.6 cm³/mol. The summed E-state index contributed by atoms with van der Waals surface area (Å²) in [5.74, 6) is 0.979. The molecule has 2 N–H and O–H groups in total. The lowest BCUT2D eigenvalue weighted by molar-refractivity contribution is 0.292. The van der Waals surface area contributed by atoms with Crippen LogP contribution in [0.3, 0.4) is 0 Å². The van der Waals surface area contributed by atoms with E-state index in [1.807, 2.05) is 18.2 Å². The molecule has 0 aliphatic heterocycles. The van der Waals surface area contributed by atoms with Crippen LogP contribution in [-0.4, -0.2) is 11.9 Å². The largest absolute Gasteiger partial charge is 0.459 e. The molecule has 0 saturated carbocycles. The number of hydrogen-bond acceptors (Lipinski definition) is 4. The molecule has 1 aromatic carbocycles. The normalized spacial score (nSPS) is 11.6. The third-order valence-electron chi connectivity index (χ3n) is 3.41. The van der Waals surface area contributed by atoms with Crippen LogP contribution in [0.4, 0.5) is 0 Å². The Morgan fingerprint density at radius 2 is 2.00 bits per heavy atom. The van der Waals surface area contributed by atoms with E-state index in [1.165, 1.54) is 4.88 Å². The van der Waals surface area contributed by atoms with E-state index >= 15 is 0 Å². The number of fused-ring (bicyclic) bond motifs is 1. The molecule has 0 unspecified atom stereocenters. The number of thiophene rings is 1. The topological polar surface area (TPSA) is 42.4 Å². The van der Waals surface area contributed by atoms with E-state index in [0.29, 0.717) is 6.54 Å². The Bertz CT molecular complexity index is 688. The second kappa shape index (κ2) is 5.79. The van der Waals surface area contributed by atoms with Gasteiger partial charge in [0, 0.05) is 28.9 Å². The highest BCUT2D eigenvalue weighted by molar-refractivity contribution is 7.09. The zero-order valence-electron chi connectivity index (χ0n) is 11.5. The SMILES string of the molecule is CN(Cc1cccs1)Cc1oc2ccccc2c1CN. The molecule has 104 valence electrons. The van der Waals surface area contributed by atoms with Gasteiger partial charge in [0.15, 0.2) is 0 Å². The fraction of sp³-hybridized carbons (Fsp3) is 0.250. The molecule has 0 aliphatic carbocycles. The Balaban J connectivity index is 1.83. The molecular weight excluding hydrogens is 268 g/mol. The van der Waals surface area contributed by atoms with Gasteiger partial charge >= 0.3 is 0 Å². The first kappa shape index (κ1) is 13.4. The Morgan fingerprint density at radius 3 is 2.75 bits per heavy atom. The zero-order valence-corrected chi connectivity index (χ0v) is 12.3. The smallest absolute Gasteiger partial charge is 0.134 e. The van der Waals surface area contributed by atoms with Crippen molar-refractivity contribution in [2.75, 3.05) is 7.05 Å². The number of nitrogens with two attached hydrogens (primary N) is 1. The first-order valence-corrected chi connectivity index (χ1v) is 7.56. The Morgan fingerprint density at radius 1 is 1.15 bits per heavy atom. The molecule has 20 heavy (non-hydrogen) atoms. The van der Waals surface area contributed by atoms with E-state index in [9.17, 15) is 0 Å². The Labute approximate surface area is 122 Å². The summed E-state index contributed by atoms with van der Waals surface area (Å²) in [4.78, 5) is 3.61. The number of rotatable bonds is 5. The van der Waals surface area contributed by atoms with Crippen LogP contribution < -0.4 is 5.73 Å². The van der Waals surface area contributed by atoms with Gasteiger partial charge in [-0.25, -0.2) is 0 Å². The molecule has 0 spiro atoms. The van der Waals surface area contributed by atoms with Gasteiger partial charge in [-0.3, -0.25) is 4.90 Å². The van der Waals surface area contributed by atoms with Crippen LogP contribution in [0, 0.1) is 0 Å². The van der Waals surface area contributed by atoms with Crippen molar-refractivity contribution >= 4 is 22.3 Å². The molecule has 0 saturated heterocycles. The van der Waals surface area contributed by atoms with Gasteiger partial charge in [-0.2, -0.15) is 0 Å². The van der Waals surface area contributed by atoms with Gasteiger partial charge in [-0.1, -0.05) is 24.3 Å². The maximum atomic E-state index is 5.96. The molecule has 4 heteroatoms. The van der Waals surface area contributed by atoms with Crippen LogP contribution in [0.2, 0.25) is 0 Å². The van der Waals surface area contributed by atoms with Gasteiger partial charge in [0.25, 0.3) is 0 Å². The van der Waals surface area contributed by atoms with Crippen molar-refractivity contribution in [2.45, 2.75) is 19.6 Å². The number of benzene rings is 1. The summed E-state index contributed by atoms with van der Waals surface area (Å²) in [5, 5.41) is 3.24. The number of para-hydroxylation sites is 1. The molecule has 2 heterocycles. The average molecular weight is 286 g/mol. The Hall–Kier alpha value is -1.62. The summed E-state index contributed by atoms with van der Waals surface area (Å²) >= 11 is 1.78. The average Bonchev–Trinajstić information content (AvgIpc) is 3.05. The van der Waals surface area contributed by atoms with Crippen molar-refractivity contribution in [2.24, 2.45) is 5.73 Å². The van der Waals surface area contributed by atoms with Crippen LogP contribution in [-0.2, 0) is 19.6 Å². The molecule has 3 aromatic rings. The highest BCUT2D eigenvalue weighted by Crippen LogP contribution is 2.26. The monoisotopic (exact) mass is 286 g/mol. The number of hydrogen-bond donors (Lipinski definition) is 1. The van der Waals surface area contributed by atoms with E-state index < -0.39 is 0 Å². The lowest BCUT2D eigenvalue weighted by Crippen LogP contribution is -2.17. The summed E-state index contributed by atoms with van der Waals surface area (Å²) in [7, 11) is 2.10. The highest BCUT2D eigenvalue weighted by Gasteiger charge is 2.14. The third-order valence-corrected chi connectivity index (χ3v) is 4.27. The van der Waals surface area contributed by atoms with Gasteiger partial charge in [0.1, 0.15) is 11.3 Å². The molecule has 0 amide bonds. The molecule has 0 fully saturated rings. The van der Waals surface area contributed by atoms with E-state index in [4.69, 9.17) is 10.2 Å². The van der Waals surface area contributed by atoms with Gasteiger partial charge in [0.05, 0.1) is 6.54 Å². The third kappa shape index (κ3) is 2.63. The predicted octanol–water partition coefficient (Wildman–Crippen LogP) is 3.59. The molecule has 3 nitrogen and oxygen atoms in total. The molecule has 3 rings (SSSR count). The molecule has 2 aromatic heterocycles. The lowest BCUT2D eigenvalue weighted by Gasteiger charge is -2.14. The summed E-state index contributed by atoms with van der Waals surface area (Å²) in [5.41, 5.74) is 7.94. The van der Waals surface area contributed by atoms with Crippen LogP contribution >= 0.6 is 11.3 Å². The van der Waals surface area contributed by atoms with E-state index in [0.717, 1.165) is 35.4 Å². The second-order valence-electron chi connectivity index (χ2n) is 4.96. The summed E-state index contributed by atoms with van der Waals surface area (Å²) < 4.78 is 5.96. The van der Waals surface area contributed by atoms with Crippen molar-refractivity contribution in [3.05, 3.63) is 58.0 Å². The van der Waals surface area contributed by atoms with E-state index in [2.05, 4.69) is 35.5 Å². The van der Waals surface area contributed by atoms with Gasteiger partial charge in [0.2, 0.25) is 0 Å². The lowest BCUT2D eigenvalue weighted by atomic mass is 10.1. The van der Waals surface area contributed by atoms with Crippen LogP contribution in [0.15, 0.2) is 46.2 Å². The number of furan rings is 1. The van der Waals surface area contributed by atoms with E-state index in [-0.39, 0.29) is 0 Å². The van der Waals surface area contributed by atoms with Gasteiger partial charge < -0.3 is 10.2 Å². The van der Waals surface area contributed by atoms with Crippen molar-refractivity contribution in [1.82, 2.24) is 4.90 Å². The van der Waals surface area contributed by atoms with Gasteiger partial charge in [-0.05, 0) is 24.6 Å². The maximum absolute atomic E-state index is 5.96. The molecule has 0 atom stereocenters. The number of nitrogens with zero attached hydrogens (tertiary/aromatic N) is 1. The van der Waals surface area contributed by atoms with Crippen molar-refractivity contribution in [3.63, 3.8) is 0 Å². The standard InChI is InChI=1S/C16H18N2OS/c1-18(10-12-5-4-8-20-12)11-16-14(9-17)13-6-2-3-7-15(13)19-16/h2-8H,9-11,17H2,1H3. The van der Waals surface area contributed by atoms with Crippen molar-refractivity contribution < 1.29 is 4.42 Å². The van der Waals surface area contributed by atoms with Crippen LogP contribution in [0.5, 0.6) is 0 Å². The van der Waals surface area contributed by atoms with Gasteiger partial charge in [-0.15, -0.1) is 11.3 Å². The molecule has 0 bridgehead atoms. The molecule has 0 radical (unpaired) electrons. The summed E-state index contributed by atoms with van der Waals surface area (Å²) in [6.45, 7) is 2.22. The van der Waals surface area contributed by atoms with E-state index in [1.54, 1.807) is 11.3 Å². The van der Waals surface area contributed by atoms with Crippen molar-refractivity contribution in [1.29, 1.82) is 0 Å². The fourth-order valence-electron chi connectivity index (χ4n) is 2.47. The zero-order chi connectivity index (χ0) is 13.9. The minimum absolute atomic E-state index is 0.513. The summed E-state index contributed by atoms with van der Waals surface area (Å²) in [6.07, 6.45) is 0. The maximum Gasteiger partial charge on any atom is 0.134 e. The fourth-order valence-corrected chi connectivity index (χ4v) is 3.25. The molecule has 0 aliphatic rings. The minimum atomic E-state index is 0.513. The Kier molecular flexibility index (Phi) is 3.87. The second-order valence-corrected chi connectivity index (χ2v) is 5.99. The van der Waals surface area contributed by atoms with Crippen molar-refractivity contribution in [3.8, 4) is 0 Å². The van der Waals surface area contributed by atoms with Crippen LogP contribution in [0.1, 0.15) is 16.2 Å². The minimum Gasteiger partial charge on any atom is -0.459 e. The summed E-state index contributed by atoms with van der Waals surface area (Å²) in [6, 6.07) is 12.3. The first-order chi connectivity index (χ1) is 9.78. The quantitative estimate of drug-likeness (QED) is 0.779. The molecular formula is C16H18N2OS. The highest BCUT2D eigenvalue weighted by atomic mass is 32.1. The van der Waals surface area contributed by atoms with Crippen LogP contribution in [0.25, 0.3) is 11.0 Å².